The number of carbonyl (C=O) groups is 1. The molecule has 1 amide bonds. The average molecular weight is 440 g/mol. The Hall–Kier alpha value is -4.46. The molecule has 0 radical (unpaired) electrons. The molecule has 0 saturated carbocycles. The molecule has 1 aromatic heterocycles. The van der Waals surface area contributed by atoms with Gasteiger partial charge in [0.2, 0.25) is 23.8 Å². The summed E-state index contributed by atoms with van der Waals surface area (Å²) >= 11 is 0. The molecule has 4 aromatic rings. The fourth-order valence-electron chi connectivity index (χ4n) is 3.07. The van der Waals surface area contributed by atoms with Crippen LogP contribution in [-0.4, -0.2) is 26.9 Å². The molecule has 0 aliphatic rings. The van der Waals surface area contributed by atoms with Gasteiger partial charge in [0.15, 0.2) is 0 Å². The molecule has 4 N–H and O–H groups in total. The summed E-state index contributed by atoms with van der Waals surface area (Å²) in [5.74, 6) is 0.779. The zero-order chi connectivity index (χ0) is 23.0. The van der Waals surface area contributed by atoms with E-state index in [4.69, 9.17) is 0 Å². The average Bonchev–Trinajstić information content (AvgIpc) is 2.81. The maximum Gasteiger partial charge on any atom is 0.246 e. The molecule has 0 aliphatic heterocycles. The van der Waals surface area contributed by atoms with Crippen LogP contribution in [0.3, 0.4) is 0 Å². The van der Waals surface area contributed by atoms with Crippen LogP contribution in [0.4, 0.5) is 34.9 Å². The number of hydrogen-bond donors (Lipinski definition) is 4. The van der Waals surface area contributed by atoms with Crippen molar-refractivity contribution in [2.75, 3.05) is 21.3 Å². The Kier molecular flexibility index (Phi) is 6.75. The molecular formula is C25H25N7O. The van der Waals surface area contributed by atoms with Gasteiger partial charge in [-0.15, -0.1) is 0 Å². The first-order valence-corrected chi connectivity index (χ1v) is 10.6. The van der Waals surface area contributed by atoms with Crippen molar-refractivity contribution in [2.45, 2.75) is 19.9 Å². The molecule has 0 aliphatic carbocycles. The van der Waals surface area contributed by atoms with E-state index < -0.39 is 6.04 Å². The van der Waals surface area contributed by atoms with Crippen LogP contribution in [0, 0.1) is 6.92 Å². The first-order chi connectivity index (χ1) is 16.1. The Morgan fingerprint density at radius 1 is 0.697 bits per heavy atom. The van der Waals surface area contributed by atoms with Crippen molar-refractivity contribution in [2.24, 2.45) is 0 Å². The quantitative estimate of drug-likeness (QED) is 0.303. The predicted octanol–water partition coefficient (Wildman–Crippen LogP) is 5.11. The lowest BCUT2D eigenvalue weighted by Gasteiger charge is -2.16. The Morgan fingerprint density at radius 2 is 1.18 bits per heavy atom. The van der Waals surface area contributed by atoms with Crippen LogP contribution in [0.5, 0.6) is 0 Å². The number of nitrogens with one attached hydrogen (secondary N) is 4. The van der Waals surface area contributed by atoms with Gasteiger partial charge in [-0.25, -0.2) is 0 Å². The van der Waals surface area contributed by atoms with Gasteiger partial charge in [0.1, 0.15) is 6.04 Å². The molecule has 3 aromatic carbocycles. The lowest BCUT2D eigenvalue weighted by molar-refractivity contribution is -0.116. The maximum atomic E-state index is 12.7. The largest absolute Gasteiger partial charge is 0.342 e. The van der Waals surface area contributed by atoms with Crippen molar-refractivity contribution in [1.29, 1.82) is 0 Å². The fourth-order valence-corrected chi connectivity index (χ4v) is 3.07. The van der Waals surface area contributed by atoms with Crippen molar-refractivity contribution in [3.63, 3.8) is 0 Å². The highest BCUT2D eigenvalue weighted by atomic mass is 16.2. The number of carbonyl (C=O) groups excluding carboxylic acids is 1. The minimum atomic E-state index is -0.582. The molecule has 0 saturated heterocycles. The van der Waals surface area contributed by atoms with Gasteiger partial charge in [-0.3, -0.25) is 4.79 Å². The second-order valence-corrected chi connectivity index (χ2v) is 7.46. The summed E-state index contributed by atoms with van der Waals surface area (Å²) in [6.45, 7) is 3.70. The van der Waals surface area contributed by atoms with E-state index in [2.05, 4.69) is 36.2 Å². The monoisotopic (exact) mass is 439 g/mol. The standard InChI is InChI=1S/C25H25N7O/c1-17-11-9-10-16-21(17)29-22(33)18(2)26-23-30-24(27-19-12-5-3-6-13-19)32-25(31-23)28-20-14-7-4-8-15-20/h3-16,18H,1-2H3,(H,29,33)(H3,26,27,28,30,31,32)/t18-/m1/s1. The molecule has 1 heterocycles. The molecule has 1 atom stereocenters. The number of aromatic nitrogens is 3. The molecule has 166 valence electrons. The third-order valence-corrected chi connectivity index (χ3v) is 4.84. The smallest absolute Gasteiger partial charge is 0.246 e. The predicted molar refractivity (Wildman–Crippen MR) is 132 cm³/mol. The SMILES string of the molecule is Cc1ccccc1NC(=O)[C@@H](C)Nc1nc(Nc2ccccc2)nc(Nc2ccccc2)n1. The minimum absolute atomic E-state index is 0.195. The van der Waals surface area contributed by atoms with E-state index in [1.807, 2.05) is 91.9 Å². The van der Waals surface area contributed by atoms with Gasteiger partial charge < -0.3 is 21.3 Å². The zero-order valence-electron chi connectivity index (χ0n) is 18.4. The Bertz CT molecular complexity index is 1160. The van der Waals surface area contributed by atoms with E-state index in [1.165, 1.54) is 0 Å². The van der Waals surface area contributed by atoms with Gasteiger partial charge in [0.25, 0.3) is 0 Å². The van der Waals surface area contributed by atoms with Crippen LogP contribution in [0.2, 0.25) is 0 Å². The number of benzene rings is 3. The van der Waals surface area contributed by atoms with E-state index in [0.717, 1.165) is 22.6 Å². The fraction of sp³-hybridized carbons (Fsp3) is 0.120. The summed E-state index contributed by atoms with van der Waals surface area (Å²) in [5, 5.41) is 12.4. The summed E-state index contributed by atoms with van der Waals surface area (Å²) < 4.78 is 0. The lowest BCUT2D eigenvalue weighted by Crippen LogP contribution is -2.33. The van der Waals surface area contributed by atoms with Crippen LogP contribution >= 0.6 is 0 Å². The van der Waals surface area contributed by atoms with Crippen molar-refractivity contribution in [1.82, 2.24) is 15.0 Å². The van der Waals surface area contributed by atoms with E-state index in [-0.39, 0.29) is 11.9 Å². The van der Waals surface area contributed by atoms with E-state index in [0.29, 0.717) is 11.9 Å². The van der Waals surface area contributed by atoms with Gasteiger partial charge in [0, 0.05) is 17.1 Å². The van der Waals surface area contributed by atoms with Gasteiger partial charge in [0.05, 0.1) is 0 Å². The summed E-state index contributed by atoms with van der Waals surface area (Å²) in [7, 11) is 0. The topological polar surface area (TPSA) is 104 Å². The summed E-state index contributed by atoms with van der Waals surface area (Å²) in [5.41, 5.74) is 3.43. The number of anilines is 6. The zero-order valence-corrected chi connectivity index (χ0v) is 18.4. The Labute approximate surface area is 192 Å². The molecule has 0 fully saturated rings. The molecule has 33 heavy (non-hydrogen) atoms. The van der Waals surface area contributed by atoms with Gasteiger partial charge in [-0.2, -0.15) is 15.0 Å². The number of rotatable bonds is 8. The molecule has 4 rings (SSSR count). The summed E-state index contributed by atoms with van der Waals surface area (Å²) in [4.78, 5) is 26.1. The van der Waals surface area contributed by atoms with Crippen LogP contribution in [0.1, 0.15) is 12.5 Å². The van der Waals surface area contributed by atoms with E-state index in [1.54, 1.807) is 6.92 Å². The Balaban J connectivity index is 1.55. The van der Waals surface area contributed by atoms with Crippen LogP contribution < -0.4 is 21.3 Å². The third-order valence-electron chi connectivity index (χ3n) is 4.84. The normalized spacial score (nSPS) is 11.3. The molecule has 0 spiro atoms. The molecular weight excluding hydrogens is 414 g/mol. The first kappa shape index (κ1) is 21.8. The first-order valence-electron chi connectivity index (χ1n) is 10.6. The molecule has 8 nitrogen and oxygen atoms in total. The van der Waals surface area contributed by atoms with E-state index >= 15 is 0 Å². The molecule has 0 unspecified atom stereocenters. The van der Waals surface area contributed by atoms with E-state index in [9.17, 15) is 4.79 Å². The van der Waals surface area contributed by atoms with Gasteiger partial charge >= 0.3 is 0 Å². The Morgan fingerprint density at radius 3 is 1.73 bits per heavy atom. The van der Waals surface area contributed by atoms with Gasteiger partial charge in [-0.1, -0.05) is 54.6 Å². The minimum Gasteiger partial charge on any atom is -0.342 e. The third kappa shape index (κ3) is 6.04. The van der Waals surface area contributed by atoms with Crippen molar-refractivity contribution >= 4 is 40.8 Å². The second-order valence-electron chi connectivity index (χ2n) is 7.46. The number of nitrogens with zero attached hydrogens (tertiary/aromatic N) is 3. The van der Waals surface area contributed by atoms with Crippen molar-refractivity contribution < 1.29 is 4.79 Å². The lowest BCUT2D eigenvalue weighted by atomic mass is 10.2. The highest BCUT2D eigenvalue weighted by Gasteiger charge is 2.16. The second kappa shape index (κ2) is 10.2. The molecule has 8 heteroatoms. The number of hydrogen-bond acceptors (Lipinski definition) is 7. The van der Waals surface area contributed by atoms with Gasteiger partial charge in [-0.05, 0) is 49.7 Å². The van der Waals surface area contributed by atoms with Crippen LogP contribution in [0.15, 0.2) is 84.9 Å². The summed E-state index contributed by atoms with van der Waals surface area (Å²) in [6.07, 6.45) is 0. The molecule has 0 bridgehead atoms. The highest BCUT2D eigenvalue weighted by molar-refractivity contribution is 5.96. The number of aryl methyl sites for hydroxylation is 1. The van der Waals surface area contributed by atoms with Crippen LogP contribution in [0.25, 0.3) is 0 Å². The van der Waals surface area contributed by atoms with Crippen molar-refractivity contribution in [3.8, 4) is 0 Å². The number of para-hydroxylation sites is 3. The number of amides is 1. The maximum absolute atomic E-state index is 12.7. The summed E-state index contributed by atoms with van der Waals surface area (Å²) in [6, 6.07) is 26.3. The highest BCUT2D eigenvalue weighted by Crippen LogP contribution is 2.19. The van der Waals surface area contributed by atoms with Crippen molar-refractivity contribution in [3.05, 3.63) is 90.5 Å². The van der Waals surface area contributed by atoms with Crippen LogP contribution in [-0.2, 0) is 4.79 Å².